The van der Waals surface area contributed by atoms with Crippen molar-refractivity contribution in [1.29, 1.82) is 0 Å². The number of benzene rings is 4. The fourth-order valence-electron chi connectivity index (χ4n) is 14.6. The van der Waals surface area contributed by atoms with E-state index in [0.717, 1.165) is 140 Å². The number of thioether (sulfide) groups is 4. The Hall–Kier alpha value is -4.58. The Labute approximate surface area is 826 Å². The standard InChI is InChI=1S/C100H156Cl4N12O8S4.O.V/c1-29-113(25,30-2)45-57-125-89-77(101)81(117-49-37-61(9)10)69-73(85(89)121-53-41-65(17)18)97-105-93(69)110-98-75-71(83(119-51-39-63(13)14)79(103)91(87(75)123-55-43-67(21)22)127-59-47-115(27,33-5)34-6)95(107-98)112-100-76-72(84(120-52-40-64(15)16)80(104)92(88(76)124-56-44-68(23)24)128-60-48-116(28,35-7)36-8)96(108-100)111-99-74-70(94(106-99)109-97)82(118-50-38-62(11)12)78(102)90(86(74)122-54-42-66(19)20)126-58-46-114(26,31-3)32-4;;/h61-68H,29-60H2,1-28H3;;/q+2;;+2. The van der Waals surface area contributed by atoms with E-state index < -0.39 is 0 Å². The number of nitrogens with zero attached hydrogens (tertiary/aromatic N) is 12. The van der Waals surface area contributed by atoms with Crippen LogP contribution in [0.25, 0.3) is 89.7 Å². The average Bonchev–Trinajstić information content (AvgIpc) is 1.55. The van der Waals surface area contributed by atoms with E-state index in [1.165, 1.54) is 0 Å². The summed E-state index contributed by atoms with van der Waals surface area (Å²) in [6, 6.07) is 0. The van der Waals surface area contributed by atoms with Crippen LogP contribution in [0.5, 0.6) is 46.0 Å². The van der Waals surface area contributed by atoms with Crippen molar-refractivity contribution >= 4 is 138 Å². The SMILES string of the molecule is CC[N+](C)(CC)CCSc1c(Cl)c(OCCC(C)C)c2c(c1OCCC(C)C)-c1nc-2nc2[n-]c(nc3nc(nc4[n-]c(n1)c1c(OCCC(C)C)c(Cl)c(SCC[N+](C)(CC)CC)c(OCCC(C)C)c41)-c1c(OCCC(C)C)c(Cl)c(SCC[N+](C)(CC)CC)c(OCCC(C)C)c1-3)c1c(OCCC(C)C)c(Cl)c(SCC[N+](C)(CC)CC)c(OCCC(C)C)c21.[O]=[V+2]. The van der Waals surface area contributed by atoms with E-state index >= 15 is 0 Å². The minimum absolute atomic E-state index is 0.191. The molecule has 0 saturated carbocycles. The summed E-state index contributed by atoms with van der Waals surface area (Å²) in [6.45, 7) is 66.7. The predicted octanol–water partition coefficient (Wildman–Crippen LogP) is 26.3. The van der Waals surface area contributed by atoms with Crippen molar-refractivity contribution in [2.45, 2.75) is 237 Å². The Bertz CT molecular complexity index is 4730. The molecule has 0 fully saturated rings. The van der Waals surface area contributed by atoms with Gasteiger partial charge in [-0.2, -0.15) is 0 Å². The Kier molecular flexibility index (Phi) is 44.1. The molecule has 3 aromatic heterocycles. The molecule has 2 aliphatic heterocycles. The van der Waals surface area contributed by atoms with Gasteiger partial charge in [0.1, 0.15) is 66.1 Å². The third-order valence-electron chi connectivity index (χ3n) is 25.9. The molecule has 0 aliphatic carbocycles. The van der Waals surface area contributed by atoms with E-state index in [1.807, 2.05) is 0 Å². The number of quaternary nitrogens is 4. The first-order chi connectivity index (χ1) is 61.8. The molecule has 30 heteroatoms. The molecule has 0 radical (unpaired) electrons. The van der Waals surface area contributed by atoms with Crippen molar-refractivity contribution in [2.24, 2.45) is 47.3 Å². The van der Waals surface area contributed by atoms with Crippen molar-refractivity contribution in [3.05, 3.63) is 20.1 Å². The first-order valence-electron chi connectivity index (χ1n) is 48.2. The molecule has 723 valence electrons. The summed E-state index contributed by atoms with van der Waals surface area (Å²) in [4.78, 5) is 50.1. The van der Waals surface area contributed by atoms with Gasteiger partial charge in [0, 0.05) is 67.1 Å². The third kappa shape index (κ3) is 28.4. The van der Waals surface area contributed by atoms with Crippen molar-refractivity contribution < 1.29 is 76.9 Å². The van der Waals surface area contributed by atoms with Crippen molar-refractivity contribution in [1.82, 2.24) is 39.9 Å². The van der Waals surface area contributed by atoms with Crippen LogP contribution < -0.4 is 47.9 Å². The summed E-state index contributed by atoms with van der Waals surface area (Å²) < 4.78 is 70.9. The van der Waals surface area contributed by atoms with Gasteiger partial charge in [-0.25, -0.2) is 9.97 Å². The minimum atomic E-state index is 0.191. The van der Waals surface area contributed by atoms with Gasteiger partial charge in [-0.15, -0.1) is 47.0 Å². The van der Waals surface area contributed by atoms with Gasteiger partial charge in [-0.05, 0) is 154 Å². The number of ether oxygens (including phenoxy) is 8. The summed E-state index contributed by atoms with van der Waals surface area (Å²) in [7, 11) is 9.23. The van der Waals surface area contributed by atoms with Crippen LogP contribution in [0.2, 0.25) is 20.1 Å². The molecule has 9 rings (SSSR count). The molecular weight excluding hydrogens is 1830 g/mol. The number of rotatable bonds is 56. The Morgan fingerprint density at radius 3 is 0.646 bits per heavy atom. The molecule has 8 bridgehead atoms. The van der Waals surface area contributed by atoms with Crippen LogP contribution in [0.3, 0.4) is 0 Å². The van der Waals surface area contributed by atoms with Gasteiger partial charge in [-0.1, -0.05) is 157 Å². The molecular formula is C100H156Cl4N12O9S4V+4. The van der Waals surface area contributed by atoms with E-state index in [1.54, 1.807) is 47.0 Å². The average molecular weight is 1990 g/mol. The molecule has 7 aromatic rings. The van der Waals surface area contributed by atoms with E-state index in [4.69, 9.17) is 128 Å². The van der Waals surface area contributed by atoms with Crippen LogP contribution in [0, 0.1) is 47.3 Å². The normalized spacial score (nSPS) is 12.7. The Morgan fingerprint density at radius 2 is 0.438 bits per heavy atom. The number of halogens is 4. The summed E-state index contributed by atoms with van der Waals surface area (Å²) in [5, 5.41) is 3.46. The van der Waals surface area contributed by atoms with Crippen LogP contribution in [0.1, 0.15) is 218 Å². The molecule has 0 amide bonds. The van der Waals surface area contributed by atoms with E-state index in [-0.39, 0.29) is 93.2 Å². The van der Waals surface area contributed by atoms with Gasteiger partial charge in [0.15, 0.2) is 0 Å². The number of hydrogen-bond acceptors (Lipinski definition) is 19. The van der Waals surface area contributed by atoms with Crippen LogP contribution in [0.15, 0.2) is 19.6 Å². The summed E-state index contributed by atoms with van der Waals surface area (Å²) in [5.74, 6) is 9.20. The maximum absolute atomic E-state index is 8.32. The summed E-state index contributed by atoms with van der Waals surface area (Å²) >= 11 is 40.9. The monoisotopic (exact) mass is 1990 g/mol. The number of fused-ring (bicyclic) bond motifs is 20. The number of aromatic nitrogens is 8. The van der Waals surface area contributed by atoms with Crippen LogP contribution in [0.4, 0.5) is 0 Å². The van der Waals surface area contributed by atoms with E-state index in [0.29, 0.717) is 231 Å². The van der Waals surface area contributed by atoms with E-state index in [2.05, 4.69) is 194 Å². The molecule has 0 unspecified atom stereocenters. The molecule has 21 nitrogen and oxygen atoms in total. The maximum atomic E-state index is 8.32. The van der Waals surface area contributed by atoms with Gasteiger partial charge < -0.3 is 85.7 Å². The molecule has 0 N–H and O–H groups in total. The molecule has 0 saturated heterocycles. The van der Waals surface area contributed by atoms with Gasteiger partial charge in [0.2, 0.25) is 0 Å². The predicted molar refractivity (Wildman–Crippen MR) is 546 cm³/mol. The zero-order valence-corrected chi connectivity index (χ0v) is 91.6. The zero-order valence-electron chi connectivity index (χ0n) is 83.9. The molecule has 4 aromatic carbocycles. The van der Waals surface area contributed by atoms with E-state index in [9.17, 15) is 0 Å². The Morgan fingerprint density at radius 1 is 0.269 bits per heavy atom. The molecule has 2 aliphatic rings. The fourth-order valence-corrected chi connectivity index (χ4v) is 21.2. The van der Waals surface area contributed by atoms with Gasteiger partial charge in [0.05, 0.1) is 225 Å². The first kappa shape index (κ1) is 111. The summed E-state index contributed by atoms with van der Waals surface area (Å²) in [6.07, 6.45) is 5.71. The zero-order chi connectivity index (χ0) is 95.9. The molecule has 0 spiro atoms. The van der Waals surface area contributed by atoms with Gasteiger partial charge in [-0.3, -0.25) is 0 Å². The second kappa shape index (κ2) is 51.7. The van der Waals surface area contributed by atoms with Crippen LogP contribution in [-0.2, 0) is 21.0 Å². The van der Waals surface area contributed by atoms with Crippen LogP contribution >= 0.6 is 93.5 Å². The van der Waals surface area contributed by atoms with Crippen molar-refractivity contribution in [3.8, 4) is 91.5 Å². The second-order valence-electron chi connectivity index (χ2n) is 39.2. The fraction of sp³-hybridized carbons (Fsp3) is 0.680. The Balaban J connectivity index is 0.0000104. The van der Waals surface area contributed by atoms with Crippen molar-refractivity contribution in [3.63, 3.8) is 0 Å². The first-order valence-corrected chi connectivity index (χ1v) is 54.2. The second-order valence-corrected chi connectivity index (χ2v) is 45.2. The quantitative estimate of drug-likeness (QED) is 0.0257. The van der Waals surface area contributed by atoms with Gasteiger partial charge in [0.25, 0.3) is 0 Å². The summed E-state index contributed by atoms with van der Waals surface area (Å²) in [5.41, 5.74) is 2.76. The molecule has 5 heterocycles. The van der Waals surface area contributed by atoms with Crippen LogP contribution in [-0.4, -0.2) is 230 Å². The molecule has 0 atom stereocenters. The van der Waals surface area contributed by atoms with Crippen molar-refractivity contribution in [2.75, 3.05) is 183 Å². The molecule has 130 heavy (non-hydrogen) atoms. The van der Waals surface area contributed by atoms with Gasteiger partial charge >= 0.3 is 21.0 Å². The third-order valence-corrected chi connectivity index (χ3v) is 32.0. The number of hydrogen-bond donors (Lipinski definition) is 0. The topological polar surface area (TPSA) is 196 Å².